The van der Waals surface area contributed by atoms with Crippen molar-refractivity contribution in [2.24, 2.45) is 0 Å². The van der Waals surface area contributed by atoms with Gasteiger partial charge in [0.15, 0.2) is 0 Å². The first-order chi connectivity index (χ1) is 14.5. The first-order valence-corrected chi connectivity index (χ1v) is 10.7. The van der Waals surface area contributed by atoms with Gasteiger partial charge in [0.05, 0.1) is 11.3 Å². The third kappa shape index (κ3) is 4.86. The molecule has 0 aromatic carbocycles. The molecule has 156 valence electrons. The summed E-state index contributed by atoms with van der Waals surface area (Å²) in [5, 5.41) is 5.34. The van der Waals surface area contributed by atoms with Crippen molar-refractivity contribution in [2.45, 2.75) is 26.7 Å². The number of hydrogen-bond donors (Lipinski definition) is 2. The highest BCUT2D eigenvalue weighted by atomic mass is 32.1. The van der Waals surface area contributed by atoms with Crippen molar-refractivity contribution in [1.29, 1.82) is 0 Å². The zero-order chi connectivity index (χ0) is 21.5. The number of aromatic amines is 1. The molecule has 0 atom stereocenters. The molecule has 6 nitrogen and oxygen atoms in total. The van der Waals surface area contributed by atoms with Gasteiger partial charge in [-0.25, -0.2) is 4.98 Å². The fraction of sp³-hybridized carbons (Fsp3) is 0.261. The molecule has 1 aliphatic heterocycles. The molecule has 1 aliphatic rings. The van der Waals surface area contributed by atoms with Crippen molar-refractivity contribution < 1.29 is 9.59 Å². The smallest absolute Gasteiger partial charge is 0.255 e. The zero-order valence-electron chi connectivity index (χ0n) is 17.3. The van der Waals surface area contributed by atoms with Crippen LogP contribution >= 0.6 is 11.3 Å². The predicted octanol–water partition coefficient (Wildman–Crippen LogP) is 4.30. The van der Waals surface area contributed by atoms with Crippen LogP contribution in [0.3, 0.4) is 0 Å². The van der Waals surface area contributed by atoms with E-state index < -0.39 is 0 Å². The molecular formula is C23H26N4O2S. The van der Waals surface area contributed by atoms with Crippen molar-refractivity contribution in [2.75, 3.05) is 13.1 Å². The molecule has 3 heterocycles. The average Bonchev–Trinajstić information content (AvgIpc) is 3.50. The fourth-order valence-electron chi connectivity index (χ4n) is 3.39. The molecule has 3 rings (SSSR count). The highest BCUT2D eigenvalue weighted by Crippen LogP contribution is 2.31. The van der Waals surface area contributed by atoms with Crippen molar-refractivity contribution in [1.82, 2.24) is 20.2 Å². The van der Waals surface area contributed by atoms with Gasteiger partial charge >= 0.3 is 0 Å². The standard InChI is InChI=1S/C23H26N4O2S/c1-4-5-8-19-17(3)25-13-20(19)21-14-30-22(26-21)16(2)11-18(12-24-15-28)23(29)27-9-6-7-10-27/h4-5,8,11-15,25H,1,6-7,9-10H2,2-3H3,(H,24,28)/b8-5-,16-11+,18-12+. The second kappa shape index (κ2) is 10.0. The number of thiazole rings is 1. The SMILES string of the molecule is C=C/C=C\c1c(-c2csc(/C(C)=C/C(=C\NC=O)C(=O)N3CCCC3)n2)c[nH]c1C. The molecule has 2 amide bonds. The van der Waals surface area contributed by atoms with E-state index in [1.165, 1.54) is 17.5 Å². The van der Waals surface area contributed by atoms with E-state index in [0.717, 1.165) is 59.0 Å². The predicted molar refractivity (Wildman–Crippen MR) is 123 cm³/mol. The Morgan fingerprint density at radius 2 is 2.13 bits per heavy atom. The van der Waals surface area contributed by atoms with Crippen LogP contribution in [-0.4, -0.2) is 40.3 Å². The number of rotatable bonds is 8. The highest BCUT2D eigenvalue weighted by molar-refractivity contribution is 7.11. The number of nitrogens with zero attached hydrogens (tertiary/aromatic N) is 2. The van der Waals surface area contributed by atoms with Gasteiger partial charge in [0.25, 0.3) is 5.91 Å². The molecule has 1 fully saturated rings. The highest BCUT2D eigenvalue weighted by Gasteiger charge is 2.21. The quantitative estimate of drug-likeness (QED) is 0.378. The average molecular weight is 423 g/mol. The summed E-state index contributed by atoms with van der Waals surface area (Å²) in [4.78, 5) is 33.4. The zero-order valence-corrected chi connectivity index (χ0v) is 18.1. The van der Waals surface area contributed by atoms with E-state index in [-0.39, 0.29) is 5.91 Å². The lowest BCUT2D eigenvalue weighted by atomic mass is 10.1. The normalized spacial score (nSPS) is 15.1. The van der Waals surface area contributed by atoms with Crippen LogP contribution in [0.25, 0.3) is 22.9 Å². The van der Waals surface area contributed by atoms with Crippen LogP contribution in [0.1, 0.15) is 36.0 Å². The molecule has 0 bridgehead atoms. The second-order valence-corrected chi connectivity index (χ2v) is 7.94. The van der Waals surface area contributed by atoms with E-state index in [1.54, 1.807) is 12.2 Å². The number of likely N-dealkylation sites (tertiary alicyclic amines) is 1. The molecular weight excluding hydrogens is 396 g/mol. The van der Waals surface area contributed by atoms with Gasteiger partial charge in [-0.3, -0.25) is 9.59 Å². The molecule has 0 radical (unpaired) electrons. The van der Waals surface area contributed by atoms with Crippen molar-refractivity contribution in [3.05, 3.63) is 64.4 Å². The summed E-state index contributed by atoms with van der Waals surface area (Å²) < 4.78 is 0. The molecule has 0 unspecified atom stereocenters. The largest absolute Gasteiger partial charge is 0.364 e. The molecule has 2 N–H and O–H groups in total. The van der Waals surface area contributed by atoms with E-state index in [2.05, 4.69) is 16.9 Å². The Balaban J connectivity index is 1.88. The van der Waals surface area contributed by atoms with Gasteiger partial charge in [0.2, 0.25) is 6.41 Å². The van der Waals surface area contributed by atoms with Gasteiger partial charge in [-0.2, -0.15) is 0 Å². The van der Waals surface area contributed by atoms with Gasteiger partial charge in [0, 0.05) is 47.7 Å². The monoisotopic (exact) mass is 422 g/mol. The van der Waals surface area contributed by atoms with Crippen LogP contribution in [0.5, 0.6) is 0 Å². The Morgan fingerprint density at radius 3 is 2.83 bits per heavy atom. The van der Waals surface area contributed by atoms with Crippen LogP contribution in [-0.2, 0) is 9.59 Å². The maximum absolute atomic E-state index is 12.8. The molecule has 2 aromatic heterocycles. The van der Waals surface area contributed by atoms with Crippen molar-refractivity contribution >= 4 is 35.3 Å². The molecule has 7 heteroatoms. The maximum atomic E-state index is 12.8. The van der Waals surface area contributed by atoms with Gasteiger partial charge in [-0.1, -0.05) is 24.8 Å². The third-order valence-electron chi connectivity index (χ3n) is 4.96. The number of allylic oxidation sites excluding steroid dienone is 3. The summed E-state index contributed by atoms with van der Waals surface area (Å²) in [6.45, 7) is 9.17. The van der Waals surface area contributed by atoms with Crippen LogP contribution in [0.15, 0.2) is 48.2 Å². The molecule has 1 saturated heterocycles. The number of carbonyl (C=O) groups excluding carboxylic acids is 2. The fourth-order valence-corrected chi connectivity index (χ4v) is 4.19. The van der Waals surface area contributed by atoms with Crippen molar-refractivity contribution in [3.8, 4) is 11.3 Å². The summed E-state index contributed by atoms with van der Waals surface area (Å²) in [6.07, 6.45) is 13.4. The summed E-state index contributed by atoms with van der Waals surface area (Å²) in [6, 6.07) is 0. The molecule has 30 heavy (non-hydrogen) atoms. The Kier molecular flexibility index (Phi) is 7.19. The number of aryl methyl sites for hydroxylation is 1. The summed E-state index contributed by atoms with van der Waals surface area (Å²) in [7, 11) is 0. The van der Waals surface area contributed by atoms with Gasteiger partial charge in [-0.05, 0) is 38.3 Å². The molecule has 0 spiro atoms. The lowest BCUT2D eigenvalue weighted by Crippen LogP contribution is -2.29. The minimum absolute atomic E-state index is 0.0731. The van der Waals surface area contributed by atoms with E-state index in [1.807, 2.05) is 42.5 Å². The summed E-state index contributed by atoms with van der Waals surface area (Å²) in [5.41, 5.74) is 5.35. The number of amides is 2. The Morgan fingerprint density at radius 1 is 1.37 bits per heavy atom. The van der Waals surface area contributed by atoms with E-state index in [9.17, 15) is 9.59 Å². The Hall–Kier alpha value is -3.19. The molecule has 0 saturated carbocycles. The minimum Gasteiger partial charge on any atom is -0.364 e. The van der Waals surface area contributed by atoms with Crippen LogP contribution in [0.2, 0.25) is 0 Å². The summed E-state index contributed by atoms with van der Waals surface area (Å²) in [5.74, 6) is -0.0731. The first-order valence-electron chi connectivity index (χ1n) is 9.86. The third-order valence-corrected chi connectivity index (χ3v) is 5.94. The van der Waals surface area contributed by atoms with Gasteiger partial charge < -0.3 is 15.2 Å². The first kappa shape index (κ1) is 21.5. The molecule has 0 aliphatic carbocycles. The van der Waals surface area contributed by atoms with E-state index >= 15 is 0 Å². The number of aromatic nitrogens is 2. The minimum atomic E-state index is -0.0731. The van der Waals surface area contributed by atoms with E-state index in [0.29, 0.717) is 12.0 Å². The lowest BCUT2D eigenvalue weighted by Gasteiger charge is -2.16. The lowest BCUT2D eigenvalue weighted by molar-refractivity contribution is -0.125. The van der Waals surface area contributed by atoms with Crippen LogP contribution < -0.4 is 5.32 Å². The van der Waals surface area contributed by atoms with Gasteiger partial charge in [-0.15, -0.1) is 11.3 Å². The van der Waals surface area contributed by atoms with Gasteiger partial charge in [0.1, 0.15) is 5.01 Å². The topological polar surface area (TPSA) is 78.1 Å². The maximum Gasteiger partial charge on any atom is 0.255 e. The van der Waals surface area contributed by atoms with Crippen LogP contribution in [0.4, 0.5) is 0 Å². The number of carbonyl (C=O) groups is 2. The number of hydrogen-bond acceptors (Lipinski definition) is 4. The second-order valence-electron chi connectivity index (χ2n) is 7.08. The summed E-state index contributed by atoms with van der Waals surface area (Å²) >= 11 is 1.52. The number of nitrogens with one attached hydrogen (secondary N) is 2. The van der Waals surface area contributed by atoms with E-state index in [4.69, 9.17) is 4.98 Å². The Bertz CT molecular complexity index is 1020. The Labute approximate surface area is 180 Å². The van der Waals surface area contributed by atoms with Crippen molar-refractivity contribution in [3.63, 3.8) is 0 Å². The molecule has 2 aromatic rings. The number of H-pyrrole nitrogens is 1. The van der Waals surface area contributed by atoms with Crippen LogP contribution in [0, 0.1) is 6.92 Å².